The smallest absolute Gasteiger partial charge is 0.182 e. The molecule has 0 fully saturated rings. The van der Waals surface area contributed by atoms with E-state index < -0.39 is 9.84 Å². The molecular weight excluding hydrogens is 276 g/mol. The Labute approximate surface area is 118 Å². The SMILES string of the molecule is COc1cccc(S(=O)(=O)Cc2cccnc2CN)c1. The topological polar surface area (TPSA) is 82.3 Å². The summed E-state index contributed by atoms with van der Waals surface area (Å²) < 4.78 is 29.9. The largest absolute Gasteiger partial charge is 0.497 e. The Morgan fingerprint density at radius 2 is 2.05 bits per heavy atom. The third kappa shape index (κ3) is 3.15. The molecule has 0 aliphatic carbocycles. The first-order valence-electron chi connectivity index (χ1n) is 6.06. The lowest BCUT2D eigenvalue weighted by molar-refractivity contribution is 0.413. The number of nitrogens with two attached hydrogens (primary N) is 1. The maximum absolute atomic E-state index is 12.4. The molecule has 0 bridgehead atoms. The summed E-state index contributed by atoms with van der Waals surface area (Å²) in [5.41, 5.74) is 6.80. The third-order valence-corrected chi connectivity index (χ3v) is 4.59. The summed E-state index contributed by atoms with van der Waals surface area (Å²) in [6.45, 7) is 0.212. The second kappa shape index (κ2) is 6.02. The number of ether oxygens (including phenoxy) is 1. The van der Waals surface area contributed by atoms with Crippen LogP contribution in [0.15, 0.2) is 47.5 Å². The van der Waals surface area contributed by atoms with Crippen LogP contribution in [0.1, 0.15) is 11.3 Å². The molecule has 6 heteroatoms. The van der Waals surface area contributed by atoms with Crippen LogP contribution in [-0.4, -0.2) is 20.5 Å². The van der Waals surface area contributed by atoms with Crippen molar-refractivity contribution in [3.8, 4) is 5.75 Å². The van der Waals surface area contributed by atoms with Gasteiger partial charge in [0.1, 0.15) is 5.75 Å². The monoisotopic (exact) mass is 292 g/mol. The van der Waals surface area contributed by atoms with E-state index in [4.69, 9.17) is 10.5 Å². The molecule has 1 aromatic heterocycles. The van der Waals surface area contributed by atoms with Crippen molar-refractivity contribution in [2.45, 2.75) is 17.2 Å². The zero-order chi connectivity index (χ0) is 14.6. The van der Waals surface area contributed by atoms with Gasteiger partial charge in [-0.3, -0.25) is 4.98 Å². The lowest BCUT2D eigenvalue weighted by Gasteiger charge is -2.09. The highest BCUT2D eigenvalue weighted by molar-refractivity contribution is 7.90. The molecule has 2 rings (SSSR count). The maximum atomic E-state index is 12.4. The van der Waals surface area contributed by atoms with Gasteiger partial charge in [-0.2, -0.15) is 0 Å². The van der Waals surface area contributed by atoms with Gasteiger partial charge in [-0.15, -0.1) is 0 Å². The highest BCUT2D eigenvalue weighted by Gasteiger charge is 2.18. The van der Waals surface area contributed by atoms with Gasteiger partial charge in [0.2, 0.25) is 0 Å². The maximum Gasteiger partial charge on any atom is 0.182 e. The number of pyridine rings is 1. The van der Waals surface area contributed by atoms with Crippen LogP contribution < -0.4 is 10.5 Å². The first-order valence-corrected chi connectivity index (χ1v) is 7.71. The number of methoxy groups -OCH3 is 1. The highest BCUT2D eigenvalue weighted by atomic mass is 32.2. The molecule has 2 aromatic rings. The van der Waals surface area contributed by atoms with E-state index in [1.54, 1.807) is 36.5 Å². The third-order valence-electron chi connectivity index (χ3n) is 2.92. The molecule has 0 unspecified atom stereocenters. The Kier molecular flexibility index (Phi) is 4.36. The van der Waals surface area contributed by atoms with Crippen molar-refractivity contribution in [2.24, 2.45) is 5.73 Å². The minimum Gasteiger partial charge on any atom is -0.497 e. The standard InChI is InChI=1S/C14H16N2O3S/c1-19-12-5-2-6-13(8-12)20(17,18)10-11-4-3-7-16-14(11)9-15/h2-8H,9-10,15H2,1H3. The minimum atomic E-state index is -3.45. The van der Waals surface area contributed by atoms with Crippen molar-refractivity contribution in [1.82, 2.24) is 4.98 Å². The molecule has 0 saturated carbocycles. The fourth-order valence-corrected chi connectivity index (χ4v) is 3.29. The van der Waals surface area contributed by atoms with Crippen molar-refractivity contribution in [3.63, 3.8) is 0 Å². The fraction of sp³-hybridized carbons (Fsp3) is 0.214. The molecule has 0 amide bonds. The van der Waals surface area contributed by atoms with E-state index in [0.717, 1.165) is 0 Å². The van der Waals surface area contributed by atoms with Crippen LogP contribution in [0, 0.1) is 0 Å². The van der Waals surface area contributed by atoms with E-state index >= 15 is 0 Å². The molecule has 1 heterocycles. The first kappa shape index (κ1) is 14.5. The molecule has 106 valence electrons. The number of hydrogen-bond donors (Lipinski definition) is 1. The van der Waals surface area contributed by atoms with E-state index in [9.17, 15) is 8.42 Å². The number of benzene rings is 1. The molecule has 0 radical (unpaired) electrons. The Bertz CT molecular complexity index is 699. The Balaban J connectivity index is 2.35. The molecule has 0 aliphatic heterocycles. The molecule has 0 saturated heterocycles. The molecular formula is C14H16N2O3S. The summed E-state index contributed by atoms with van der Waals surface area (Å²) in [5, 5.41) is 0. The van der Waals surface area contributed by atoms with Crippen molar-refractivity contribution in [1.29, 1.82) is 0 Å². The van der Waals surface area contributed by atoms with Gasteiger partial charge in [-0.1, -0.05) is 12.1 Å². The quantitative estimate of drug-likeness (QED) is 0.903. The van der Waals surface area contributed by atoms with Gasteiger partial charge >= 0.3 is 0 Å². The summed E-state index contributed by atoms with van der Waals surface area (Å²) in [7, 11) is -1.95. The fourth-order valence-electron chi connectivity index (χ4n) is 1.87. The molecule has 5 nitrogen and oxygen atoms in total. The predicted octanol–water partition coefficient (Wildman–Crippen LogP) is 1.52. The zero-order valence-electron chi connectivity index (χ0n) is 11.1. The van der Waals surface area contributed by atoms with Crippen LogP contribution in [0.2, 0.25) is 0 Å². The van der Waals surface area contributed by atoms with E-state index in [-0.39, 0.29) is 17.2 Å². The van der Waals surface area contributed by atoms with E-state index in [1.165, 1.54) is 13.2 Å². The summed E-state index contributed by atoms with van der Waals surface area (Å²) in [4.78, 5) is 4.32. The van der Waals surface area contributed by atoms with Crippen LogP contribution in [-0.2, 0) is 22.1 Å². The van der Waals surface area contributed by atoms with E-state index in [1.807, 2.05) is 0 Å². The normalized spacial score (nSPS) is 11.3. The molecule has 0 atom stereocenters. The van der Waals surface area contributed by atoms with Gasteiger partial charge in [-0.05, 0) is 29.8 Å². The number of rotatable bonds is 5. The van der Waals surface area contributed by atoms with Crippen LogP contribution in [0.25, 0.3) is 0 Å². The zero-order valence-corrected chi connectivity index (χ0v) is 11.9. The average Bonchev–Trinajstić information content (AvgIpc) is 2.47. The highest BCUT2D eigenvalue weighted by Crippen LogP contribution is 2.21. The van der Waals surface area contributed by atoms with Crippen molar-refractivity contribution in [2.75, 3.05) is 7.11 Å². The lowest BCUT2D eigenvalue weighted by Crippen LogP contribution is -2.10. The van der Waals surface area contributed by atoms with Gasteiger partial charge in [-0.25, -0.2) is 8.42 Å². The molecule has 0 aliphatic rings. The lowest BCUT2D eigenvalue weighted by atomic mass is 10.2. The van der Waals surface area contributed by atoms with Gasteiger partial charge < -0.3 is 10.5 Å². The molecule has 1 aromatic carbocycles. The summed E-state index contributed by atoms with van der Waals surface area (Å²) in [6.07, 6.45) is 1.60. The van der Waals surface area contributed by atoms with Crippen LogP contribution >= 0.6 is 0 Å². The first-order chi connectivity index (χ1) is 9.56. The number of hydrogen-bond acceptors (Lipinski definition) is 5. The van der Waals surface area contributed by atoms with Gasteiger partial charge in [0, 0.05) is 12.7 Å². The van der Waals surface area contributed by atoms with E-state index in [0.29, 0.717) is 17.0 Å². The van der Waals surface area contributed by atoms with Gasteiger partial charge in [0.25, 0.3) is 0 Å². The molecule has 0 spiro atoms. The number of sulfone groups is 1. The molecule has 20 heavy (non-hydrogen) atoms. The Morgan fingerprint density at radius 1 is 1.25 bits per heavy atom. The second-order valence-corrected chi connectivity index (χ2v) is 6.24. The number of nitrogens with zero attached hydrogens (tertiary/aromatic N) is 1. The van der Waals surface area contributed by atoms with Gasteiger partial charge in [0.15, 0.2) is 9.84 Å². The summed E-state index contributed by atoms with van der Waals surface area (Å²) in [5.74, 6) is 0.386. The summed E-state index contributed by atoms with van der Waals surface area (Å²) in [6, 6.07) is 9.85. The number of aromatic nitrogens is 1. The second-order valence-electron chi connectivity index (χ2n) is 4.25. The van der Waals surface area contributed by atoms with Crippen molar-refractivity contribution >= 4 is 9.84 Å². The van der Waals surface area contributed by atoms with Crippen LogP contribution in [0.4, 0.5) is 0 Å². The van der Waals surface area contributed by atoms with Crippen LogP contribution in [0.5, 0.6) is 5.75 Å². The van der Waals surface area contributed by atoms with Gasteiger partial charge in [0.05, 0.1) is 23.5 Å². The minimum absolute atomic E-state index is 0.124. The average molecular weight is 292 g/mol. The Hall–Kier alpha value is -1.92. The van der Waals surface area contributed by atoms with Crippen molar-refractivity contribution in [3.05, 3.63) is 53.9 Å². The van der Waals surface area contributed by atoms with E-state index in [2.05, 4.69) is 4.98 Å². The molecule has 2 N–H and O–H groups in total. The van der Waals surface area contributed by atoms with Crippen LogP contribution in [0.3, 0.4) is 0 Å². The predicted molar refractivity (Wildman–Crippen MR) is 76.0 cm³/mol. The summed E-state index contributed by atoms with van der Waals surface area (Å²) >= 11 is 0. The van der Waals surface area contributed by atoms with Crippen molar-refractivity contribution < 1.29 is 13.2 Å². The Morgan fingerprint density at radius 3 is 2.75 bits per heavy atom.